The first-order valence-electron chi connectivity index (χ1n) is 4.61. The van der Waals surface area contributed by atoms with E-state index < -0.39 is 0 Å². The van der Waals surface area contributed by atoms with Crippen LogP contribution in [0.5, 0.6) is 0 Å². The molecule has 1 aliphatic rings. The average Bonchev–Trinajstić information content (AvgIpc) is 2.06. The maximum Gasteiger partial charge on any atom is 0.132 e. The molecule has 0 saturated heterocycles. The second-order valence-electron chi connectivity index (χ2n) is 3.26. The lowest BCUT2D eigenvalue weighted by atomic mass is 9.98. The van der Waals surface area contributed by atoms with Crippen LogP contribution in [0, 0.1) is 0 Å². The van der Waals surface area contributed by atoms with Crippen molar-refractivity contribution in [1.82, 2.24) is 0 Å². The lowest BCUT2D eigenvalue weighted by Crippen LogP contribution is -2.23. The molecule has 0 aliphatic heterocycles. The molecular weight excluding hydrogens is 267 g/mol. The van der Waals surface area contributed by atoms with Gasteiger partial charge in [0.15, 0.2) is 0 Å². The average molecular weight is 284 g/mol. The predicted octanol–water partition coefficient (Wildman–Crippen LogP) is 2.74. The van der Waals surface area contributed by atoms with Gasteiger partial charge in [0.25, 0.3) is 0 Å². The van der Waals surface area contributed by atoms with E-state index >= 15 is 0 Å². The molecule has 0 N–H and O–H groups in total. The first-order valence-corrected chi connectivity index (χ1v) is 5.86. The van der Waals surface area contributed by atoms with E-state index in [1.807, 2.05) is 0 Å². The van der Waals surface area contributed by atoms with Crippen molar-refractivity contribution < 1.29 is 9.47 Å². The van der Waals surface area contributed by atoms with Crippen molar-refractivity contribution in [3.05, 3.63) is 0 Å². The van der Waals surface area contributed by atoms with Crippen LogP contribution in [0.2, 0.25) is 0 Å². The van der Waals surface area contributed by atoms with E-state index in [-0.39, 0.29) is 4.11 Å². The summed E-state index contributed by atoms with van der Waals surface area (Å²) in [6, 6.07) is 0. The minimum absolute atomic E-state index is 0.232. The van der Waals surface area contributed by atoms with Crippen molar-refractivity contribution >= 4 is 22.6 Å². The van der Waals surface area contributed by atoms with Gasteiger partial charge in [-0.2, -0.15) is 0 Å². The Labute approximate surface area is 88.1 Å². The molecule has 1 fully saturated rings. The summed E-state index contributed by atoms with van der Waals surface area (Å²) in [5.74, 6) is 0. The number of hydrogen-bond donors (Lipinski definition) is 0. The van der Waals surface area contributed by atoms with Gasteiger partial charge < -0.3 is 9.47 Å². The van der Waals surface area contributed by atoms with Gasteiger partial charge in [-0.1, -0.05) is 19.3 Å². The van der Waals surface area contributed by atoms with Crippen LogP contribution in [0.25, 0.3) is 0 Å². The number of rotatable bonds is 4. The maximum absolute atomic E-state index is 5.79. The Morgan fingerprint density at radius 2 is 2.00 bits per heavy atom. The molecule has 0 aromatic heterocycles. The minimum Gasteiger partial charge on any atom is -0.381 e. The Kier molecular flexibility index (Phi) is 5.50. The molecule has 0 radical (unpaired) electrons. The highest BCUT2D eigenvalue weighted by Crippen LogP contribution is 2.22. The van der Waals surface area contributed by atoms with E-state index in [2.05, 4.69) is 22.6 Å². The summed E-state index contributed by atoms with van der Waals surface area (Å²) in [5.41, 5.74) is 0. The lowest BCUT2D eigenvalue weighted by Gasteiger charge is -2.24. The normalized spacial score (nSPS) is 22.5. The Hall–Kier alpha value is 0.650. The summed E-state index contributed by atoms with van der Waals surface area (Å²) in [4.78, 5) is 0. The van der Waals surface area contributed by atoms with Crippen LogP contribution in [0.1, 0.15) is 32.1 Å². The zero-order valence-electron chi connectivity index (χ0n) is 7.59. The van der Waals surface area contributed by atoms with Gasteiger partial charge in [0.05, 0.1) is 12.7 Å². The van der Waals surface area contributed by atoms with Crippen LogP contribution >= 0.6 is 22.6 Å². The van der Waals surface area contributed by atoms with Crippen LogP contribution in [-0.4, -0.2) is 23.9 Å². The molecule has 0 bridgehead atoms. The topological polar surface area (TPSA) is 18.5 Å². The maximum atomic E-state index is 5.79. The number of halogens is 1. The number of hydrogen-bond acceptors (Lipinski definition) is 2. The molecule has 1 atom stereocenters. The van der Waals surface area contributed by atoms with Gasteiger partial charge in [0, 0.05) is 7.11 Å². The number of alkyl halides is 1. The first-order chi connectivity index (χ1) is 5.83. The summed E-state index contributed by atoms with van der Waals surface area (Å²) in [6.45, 7) is 0.705. The monoisotopic (exact) mass is 284 g/mol. The van der Waals surface area contributed by atoms with Crippen molar-refractivity contribution in [1.29, 1.82) is 0 Å². The largest absolute Gasteiger partial charge is 0.381 e. The van der Waals surface area contributed by atoms with Gasteiger partial charge in [-0.25, -0.2) is 0 Å². The molecule has 72 valence electrons. The molecule has 0 aromatic carbocycles. The third kappa shape index (κ3) is 4.05. The zero-order chi connectivity index (χ0) is 8.81. The fraction of sp³-hybridized carbons (Fsp3) is 1.00. The van der Waals surface area contributed by atoms with Crippen LogP contribution < -0.4 is 0 Å². The standard InChI is InChI=1S/C9H17IO2/c1-11-7-9(10)12-8-5-3-2-4-6-8/h8-9H,2-7H2,1H3. The highest BCUT2D eigenvalue weighted by Gasteiger charge is 2.16. The van der Waals surface area contributed by atoms with E-state index in [4.69, 9.17) is 9.47 Å². The van der Waals surface area contributed by atoms with Crippen molar-refractivity contribution in [3.8, 4) is 0 Å². The van der Waals surface area contributed by atoms with Gasteiger partial charge in [0.1, 0.15) is 4.11 Å². The lowest BCUT2D eigenvalue weighted by molar-refractivity contribution is -0.0104. The van der Waals surface area contributed by atoms with E-state index in [9.17, 15) is 0 Å². The SMILES string of the molecule is COCC(I)OC1CCCCC1. The second kappa shape index (κ2) is 6.16. The quantitative estimate of drug-likeness (QED) is 0.584. The molecule has 12 heavy (non-hydrogen) atoms. The van der Waals surface area contributed by atoms with Crippen LogP contribution in [-0.2, 0) is 9.47 Å². The molecule has 3 heteroatoms. The van der Waals surface area contributed by atoms with E-state index in [1.165, 1.54) is 32.1 Å². The Balaban J connectivity index is 2.11. The molecule has 1 unspecified atom stereocenters. The molecule has 1 rings (SSSR count). The third-order valence-corrected chi connectivity index (χ3v) is 2.84. The number of methoxy groups -OCH3 is 1. The summed E-state index contributed by atoms with van der Waals surface area (Å²) in [7, 11) is 1.72. The molecule has 1 aliphatic carbocycles. The summed E-state index contributed by atoms with van der Waals surface area (Å²) in [5, 5.41) is 0. The fourth-order valence-corrected chi connectivity index (χ4v) is 2.36. The molecule has 0 aromatic rings. The van der Waals surface area contributed by atoms with Gasteiger partial charge >= 0.3 is 0 Å². The Bertz CT molecular complexity index is 113. The highest BCUT2D eigenvalue weighted by molar-refractivity contribution is 14.1. The van der Waals surface area contributed by atoms with Crippen LogP contribution in [0.3, 0.4) is 0 Å². The molecular formula is C9H17IO2. The molecule has 0 spiro atoms. The third-order valence-electron chi connectivity index (χ3n) is 2.19. The summed E-state index contributed by atoms with van der Waals surface area (Å²) >= 11 is 2.30. The minimum atomic E-state index is 0.232. The van der Waals surface area contributed by atoms with Crippen molar-refractivity contribution in [2.45, 2.75) is 42.3 Å². The van der Waals surface area contributed by atoms with Crippen molar-refractivity contribution in [2.75, 3.05) is 13.7 Å². The van der Waals surface area contributed by atoms with Crippen molar-refractivity contribution in [2.24, 2.45) is 0 Å². The van der Waals surface area contributed by atoms with Crippen LogP contribution in [0.4, 0.5) is 0 Å². The van der Waals surface area contributed by atoms with E-state index in [0.717, 1.165) is 0 Å². The fourth-order valence-electron chi connectivity index (χ4n) is 1.58. The highest BCUT2D eigenvalue weighted by atomic mass is 127. The molecule has 0 heterocycles. The molecule has 2 nitrogen and oxygen atoms in total. The summed E-state index contributed by atoms with van der Waals surface area (Å²) in [6.07, 6.45) is 7.03. The zero-order valence-corrected chi connectivity index (χ0v) is 9.75. The van der Waals surface area contributed by atoms with Gasteiger partial charge in [-0.15, -0.1) is 0 Å². The smallest absolute Gasteiger partial charge is 0.132 e. The number of ether oxygens (including phenoxy) is 2. The van der Waals surface area contributed by atoms with Gasteiger partial charge in [-0.05, 0) is 35.4 Å². The van der Waals surface area contributed by atoms with Gasteiger partial charge in [-0.3, -0.25) is 0 Å². The predicted molar refractivity (Wildman–Crippen MR) is 57.6 cm³/mol. The van der Waals surface area contributed by atoms with E-state index in [0.29, 0.717) is 12.7 Å². The Morgan fingerprint density at radius 1 is 1.33 bits per heavy atom. The molecule has 0 amide bonds. The first kappa shape index (κ1) is 10.7. The second-order valence-corrected chi connectivity index (χ2v) is 4.65. The van der Waals surface area contributed by atoms with Gasteiger partial charge in [0.2, 0.25) is 0 Å². The van der Waals surface area contributed by atoms with Crippen molar-refractivity contribution in [3.63, 3.8) is 0 Å². The summed E-state index contributed by atoms with van der Waals surface area (Å²) < 4.78 is 11.0. The van der Waals surface area contributed by atoms with E-state index in [1.54, 1.807) is 7.11 Å². The van der Waals surface area contributed by atoms with Crippen LogP contribution in [0.15, 0.2) is 0 Å². The molecule has 1 saturated carbocycles. The Morgan fingerprint density at radius 3 is 2.58 bits per heavy atom.